The Morgan fingerprint density at radius 1 is 0.174 bits per heavy atom. The van der Waals surface area contributed by atoms with E-state index in [0.717, 1.165) is 0 Å². The van der Waals surface area contributed by atoms with Crippen molar-refractivity contribution in [1.29, 1.82) is 0 Å². The number of fused-ring (bicyclic) bond motifs is 12. The van der Waals surface area contributed by atoms with Crippen LogP contribution in [0.5, 0.6) is 0 Å². The van der Waals surface area contributed by atoms with Crippen LogP contribution in [0.3, 0.4) is 0 Å². The first-order valence-corrected chi connectivity index (χ1v) is 16.0. The van der Waals surface area contributed by atoms with E-state index >= 15 is 0 Å². The molecule has 0 heteroatoms. The fourth-order valence-electron chi connectivity index (χ4n) is 7.69. The summed E-state index contributed by atoms with van der Waals surface area (Å²) < 4.78 is 0. The summed E-state index contributed by atoms with van der Waals surface area (Å²) in [5, 5.41) is 18.1. The molecule has 212 valence electrons. The Morgan fingerprint density at radius 3 is 1.11 bits per heavy atom. The quantitative estimate of drug-likeness (QED) is 0.178. The van der Waals surface area contributed by atoms with Crippen LogP contribution in [-0.2, 0) is 0 Å². The summed E-state index contributed by atoms with van der Waals surface area (Å²) in [6, 6.07) is 62.9. The molecule has 0 aliphatic carbocycles. The summed E-state index contributed by atoms with van der Waals surface area (Å²) >= 11 is 0. The van der Waals surface area contributed by atoms with Gasteiger partial charge in [0.15, 0.2) is 0 Å². The molecule has 0 radical (unpaired) electrons. The molecule has 0 unspecified atom stereocenters. The zero-order chi connectivity index (χ0) is 30.2. The second-order valence-electron chi connectivity index (χ2n) is 12.5. The molecule has 10 aromatic rings. The van der Waals surface area contributed by atoms with Gasteiger partial charge < -0.3 is 0 Å². The molecular weight excluding hydrogens is 553 g/mol. The van der Waals surface area contributed by atoms with E-state index in [-0.39, 0.29) is 0 Å². The SMILES string of the molecule is c1ccc2c(c1)ccc1c3cc(-c4ccc5cc(-c6ccc7c8ccccc8c8ccccc8c7c6)ccc5c4)ccc3ccc21. The maximum Gasteiger partial charge on any atom is -0.00928 e. The van der Waals surface area contributed by atoms with E-state index in [1.807, 2.05) is 0 Å². The fourth-order valence-corrected chi connectivity index (χ4v) is 7.69. The van der Waals surface area contributed by atoms with Gasteiger partial charge in [0.25, 0.3) is 0 Å². The fraction of sp³-hybridized carbons (Fsp3) is 0. The molecule has 0 aliphatic heterocycles. The van der Waals surface area contributed by atoms with Crippen molar-refractivity contribution in [2.45, 2.75) is 0 Å². The van der Waals surface area contributed by atoms with Crippen LogP contribution in [0.15, 0.2) is 170 Å². The van der Waals surface area contributed by atoms with Gasteiger partial charge in [0.2, 0.25) is 0 Å². The highest BCUT2D eigenvalue weighted by molar-refractivity contribution is 6.26. The van der Waals surface area contributed by atoms with E-state index < -0.39 is 0 Å². The van der Waals surface area contributed by atoms with Crippen molar-refractivity contribution in [2.24, 2.45) is 0 Å². The van der Waals surface area contributed by atoms with Gasteiger partial charge in [-0.3, -0.25) is 0 Å². The molecule has 46 heavy (non-hydrogen) atoms. The Hall–Kier alpha value is -5.98. The van der Waals surface area contributed by atoms with E-state index in [0.29, 0.717) is 0 Å². The summed E-state index contributed by atoms with van der Waals surface area (Å²) in [5.74, 6) is 0. The summed E-state index contributed by atoms with van der Waals surface area (Å²) in [5.41, 5.74) is 4.97. The van der Waals surface area contributed by atoms with E-state index in [2.05, 4.69) is 170 Å². The van der Waals surface area contributed by atoms with E-state index in [1.54, 1.807) is 0 Å². The molecule has 0 saturated carbocycles. The Bertz CT molecular complexity index is 2820. The first-order chi connectivity index (χ1) is 22.8. The number of hydrogen-bond acceptors (Lipinski definition) is 0. The lowest BCUT2D eigenvalue weighted by atomic mass is 9.91. The molecule has 0 bridgehead atoms. The predicted octanol–water partition coefficient (Wildman–Crippen LogP) is 13.1. The number of benzene rings is 10. The van der Waals surface area contributed by atoms with Gasteiger partial charge in [-0.1, -0.05) is 146 Å². The van der Waals surface area contributed by atoms with Crippen molar-refractivity contribution in [1.82, 2.24) is 0 Å². The molecule has 0 atom stereocenters. The van der Waals surface area contributed by atoms with Crippen LogP contribution in [0, 0.1) is 0 Å². The summed E-state index contributed by atoms with van der Waals surface area (Å²) in [6.45, 7) is 0. The van der Waals surface area contributed by atoms with Gasteiger partial charge in [-0.2, -0.15) is 0 Å². The second kappa shape index (κ2) is 9.76. The highest BCUT2D eigenvalue weighted by Gasteiger charge is 2.11. The zero-order valence-electron chi connectivity index (χ0n) is 25.2. The van der Waals surface area contributed by atoms with E-state index in [4.69, 9.17) is 0 Å². The summed E-state index contributed by atoms with van der Waals surface area (Å²) in [6.07, 6.45) is 0. The molecule has 10 rings (SSSR count). The molecule has 0 amide bonds. The minimum Gasteiger partial charge on any atom is -0.0616 e. The molecule has 0 heterocycles. The Balaban J connectivity index is 1.08. The molecule has 0 aliphatic rings. The highest BCUT2D eigenvalue weighted by Crippen LogP contribution is 2.38. The largest absolute Gasteiger partial charge is 0.0616 e. The molecule has 0 nitrogen and oxygen atoms in total. The van der Waals surface area contributed by atoms with Crippen molar-refractivity contribution in [3.8, 4) is 22.3 Å². The van der Waals surface area contributed by atoms with Crippen molar-refractivity contribution in [3.05, 3.63) is 170 Å². The third kappa shape index (κ3) is 3.81. The Kier molecular flexibility index (Phi) is 5.38. The third-order valence-electron chi connectivity index (χ3n) is 9.99. The lowest BCUT2D eigenvalue weighted by molar-refractivity contribution is 1.66. The van der Waals surface area contributed by atoms with Crippen molar-refractivity contribution >= 4 is 75.4 Å². The van der Waals surface area contributed by atoms with Gasteiger partial charge in [0, 0.05) is 0 Å². The monoisotopic (exact) mass is 580 g/mol. The maximum absolute atomic E-state index is 2.38. The van der Waals surface area contributed by atoms with Gasteiger partial charge >= 0.3 is 0 Å². The van der Waals surface area contributed by atoms with E-state index in [1.165, 1.54) is 97.7 Å². The van der Waals surface area contributed by atoms with Crippen molar-refractivity contribution in [2.75, 3.05) is 0 Å². The van der Waals surface area contributed by atoms with Crippen LogP contribution in [0.4, 0.5) is 0 Å². The molecule has 10 aromatic carbocycles. The van der Waals surface area contributed by atoms with Crippen LogP contribution >= 0.6 is 0 Å². The third-order valence-corrected chi connectivity index (χ3v) is 9.99. The van der Waals surface area contributed by atoms with Crippen molar-refractivity contribution in [3.63, 3.8) is 0 Å². The number of hydrogen-bond donors (Lipinski definition) is 0. The molecule has 0 spiro atoms. The Morgan fingerprint density at radius 2 is 0.500 bits per heavy atom. The molecule has 0 fully saturated rings. The average molecular weight is 581 g/mol. The van der Waals surface area contributed by atoms with Gasteiger partial charge in [-0.15, -0.1) is 0 Å². The van der Waals surface area contributed by atoms with Gasteiger partial charge in [-0.05, 0) is 122 Å². The van der Waals surface area contributed by atoms with Crippen LogP contribution in [0.25, 0.3) is 97.7 Å². The second-order valence-corrected chi connectivity index (χ2v) is 12.5. The minimum absolute atomic E-state index is 1.24. The molecule has 0 aromatic heterocycles. The summed E-state index contributed by atoms with van der Waals surface area (Å²) in [4.78, 5) is 0. The predicted molar refractivity (Wildman–Crippen MR) is 200 cm³/mol. The average Bonchev–Trinajstić information content (AvgIpc) is 3.14. The topological polar surface area (TPSA) is 0 Å². The highest BCUT2D eigenvalue weighted by atomic mass is 14.1. The van der Waals surface area contributed by atoms with Crippen LogP contribution < -0.4 is 0 Å². The smallest absolute Gasteiger partial charge is 0.00928 e. The van der Waals surface area contributed by atoms with Crippen LogP contribution in [-0.4, -0.2) is 0 Å². The lowest BCUT2D eigenvalue weighted by Crippen LogP contribution is -1.86. The molecular formula is C46H28. The van der Waals surface area contributed by atoms with Gasteiger partial charge in [0.1, 0.15) is 0 Å². The van der Waals surface area contributed by atoms with Gasteiger partial charge in [0.05, 0.1) is 0 Å². The van der Waals surface area contributed by atoms with E-state index in [9.17, 15) is 0 Å². The Labute approximate surface area is 266 Å². The van der Waals surface area contributed by atoms with Gasteiger partial charge in [-0.25, -0.2) is 0 Å². The first-order valence-electron chi connectivity index (χ1n) is 16.0. The minimum atomic E-state index is 1.24. The normalized spacial score (nSPS) is 11.9. The van der Waals surface area contributed by atoms with Crippen LogP contribution in [0.1, 0.15) is 0 Å². The lowest BCUT2D eigenvalue weighted by Gasteiger charge is -2.13. The van der Waals surface area contributed by atoms with Crippen molar-refractivity contribution < 1.29 is 0 Å². The zero-order valence-corrected chi connectivity index (χ0v) is 25.2. The number of rotatable bonds is 2. The van der Waals surface area contributed by atoms with Crippen LogP contribution in [0.2, 0.25) is 0 Å². The maximum atomic E-state index is 2.38. The first kappa shape index (κ1) is 25.4. The molecule has 0 N–H and O–H groups in total. The molecule has 0 saturated heterocycles. The summed E-state index contributed by atoms with van der Waals surface area (Å²) in [7, 11) is 0. The standard InChI is InChI=1S/C46H28/c1-2-8-37-29(7-1)19-23-43-42(37)22-20-30-13-14-35(27-45(30)43)33-17-15-32-26-34(18-16-31(32)25-33)36-21-24-44-40-11-4-3-9-38(40)39-10-5-6-12-41(39)46(44)28-36/h1-28H.